The van der Waals surface area contributed by atoms with E-state index in [1.165, 1.54) is 17.5 Å². The van der Waals surface area contributed by atoms with E-state index in [-0.39, 0.29) is 0 Å². The van der Waals surface area contributed by atoms with E-state index in [2.05, 4.69) is 4.98 Å². The van der Waals surface area contributed by atoms with Gasteiger partial charge in [-0.1, -0.05) is 12.1 Å². The molecule has 6 nitrogen and oxygen atoms in total. The summed E-state index contributed by atoms with van der Waals surface area (Å²) >= 11 is 1.22. The number of aliphatic carboxylic acids is 1. The van der Waals surface area contributed by atoms with Crippen molar-refractivity contribution in [1.29, 1.82) is 0 Å². The number of carboxylic acids is 1. The summed E-state index contributed by atoms with van der Waals surface area (Å²) in [5.41, 5.74) is 6.55. The Morgan fingerprint density at radius 1 is 1.40 bits per heavy atom. The molecule has 0 saturated carbocycles. The fourth-order valence-electron chi connectivity index (χ4n) is 1.73. The SMILES string of the molecule is Cc1ncc(C(=O)N(CC(=O)O)c2ccccc2N)s1. The first-order valence-corrected chi connectivity index (χ1v) is 6.61. The average molecular weight is 291 g/mol. The summed E-state index contributed by atoms with van der Waals surface area (Å²) in [6.07, 6.45) is 1.44. The normalized spacial score (nSPS) is 10.2. The van der Waals surface area contributed by atoms with E-state index >= 15 is 0 Å². The maximum absolute atomic E-state index is 12.4. The van der Waals surface area contributed by atoms with Gasteiger partial charge in [-0.3, -0.25) is 14.5 Å². The van der Waals surface area contributed by atoms with Gasteiger partial charge in [-0.05, 0) is 19.1 Å². The molecule has 7 heteroatoms. The summed E-state index contributed by atoms with van der Waals surface area (Å²) < 4.78 is 0. The highest BCUT2D eigenvalue weighted by molar-refractivity contribution is 7.13. The molecular formula is C13H13N3O3S. The van der Waals surface area contributed by atoms with Gasteiger partial charge in [0.2, 0.25) is 0 Å². The molecule has 0 spiro atoms. The number of nitrogens with two attached hydrogens (primary N) is 1. The fourth-order valence-corrected chi connectivity index (χ4v) is 2.45. The molecule has 0 saturated heterocycles. The van der Waals surface area contributed by atoms with Crippen molar-refractivity contribution in [2.45, 2.75) is 6.92 Å². The molecule has 2 rings (SSSR count). The monoisotopic (exact) mass is 291 g/mol. The van der Waals surface area contributed by atoms with Crippen LogP contribution in [0.15, 0.2) is 30.5 Å². The highest BCUT2D eigenvalue weighted by Crippen LogP contribution is 2.25. The van der Waals surface area contributed by atoms with Crippen LogP contribution in [0.1, 0.15) is 14.7 Å². The quantitative estimate of drug-likeness (QED) is 0.837. The Morgan fingerprint density at radius 3 is 2.65 bits per heavy atom. The van der Waals surface area contributed by atoms with Crippen LogP contribution in [0.4, 0.5) is 11.4 Å². The summed E-state index contributed by atoms with van der Waals surface area (Å²) in [4.78, 5) is 28.9. The van der Waals surface area contributed by atoms with Crippen molar-refractivity contribution in [2.75, 3.05) is 17.2 Å². The molecule has 0 radical (unpaired) electrons. The third kappa shape index (κ3) is 2.94. The molecule has 0 aliphatic heterocycles. The van der Waals surface area contributed by atoms with Gasteiger partial charge in [0.15, 0.2) is 0 Å². The number of benzene rings is 1. The number of hydrogen-bond acceptors (Lipinski definition) is 5. The van der Waals surface area contributed by atoms with Crippen molar-refractivity contribution < 1.29 is 14.7 Å². The molecule has 1 aromatic carbocycles. The number of nitrogens with zero attached hydrogens (tertiary/aromatic N) is 2. The van der Waals surface area contributed by atoms with Gasteiger partial charge in [-0.25, -0.2) is 4.98 Å². The number of carboxylic acid groups (broad SMARTS) is 1. The molecule has 0 bridgehead atoms. The van der Waals surface area contributed by atoms with Crippen LogP contribution in [0.3, 0.4) is 0 Å². The van der Waals surface area contributed by atoms with Gasteiger partial charge in [0, 0.05) is 0 Å². The van der Waals surface area contributed by atoms with Crippen LogP contribution in [0.2, 0.25) is 0 Å². The zero-order valence-electron chi connectivity index (χ0n) is 10.7. The number of aromatic nitrogens is 1. The number of thiazole rings is 1. The van der Waals surface area contributed by atoms with Crippen molar-refractivity contribution in [1.82, 2.24) is 4.98 Å². The van der Waals surface area contributed by atoms with Gasteiger partial charge in [0.25, 0.3) is 5.91 Å². The smallest absolute Gasteiger partial charge is 0.323 e. The number of nitrogen functional groups attached to an aromatic ring is 1. The van der Waals surface area contributed by atoms with Crippen LogP contribution in [0, 0.1) is 6.92 Å². The molecule has 104 valence electrons. The third-order valence-electron chi connectivity index (χ3n) is 2.60. The zero-order valence-corrected chi connectivity index (χ0v) is 11.6. The Hall–Kier alpha value is -2.41. The van der Waals surface area contributed by atoms with E-state index in [1.807, 2.05) is 0 Å². The number of carbonyl (C=O) groups excluding carboxylic acids is 1. The Morgan fingerprint density at radius 2 is 2.10 bits per heavy atom. The van der Waals surface area contributed by atoms with Crippen molar-refractivity contribution in [3.8, 4) is 0 Å². The highest BCUT2D eigenvalue weighted by atomic mass is 32.1. The van der Waals surface area contributed by atoms with Gasteiger partial charge >= 0.3 is 5.97 Å². The number of amides is 1. The molecule has 2 aromatic rings. The minimum absolute atomic E-state index is 0.350. The lowest BCUT2D eigenvalue weighted by Gasteiger charge is -2.21. The van der Waals surface area contributed by atoms with Crippen molar-refractivity contribution >= 4 is 34.6 Å². The van der Waals surface area contributed by atoms with E-state index in [9.17, 15) is 9.59 Å². The standard InChI is InChI=1S/C13H13N3O3S/c1-8-15-6-11(20-8)13(19)16(7-12(17)18)10-5-3-2-4-9(10)14/h2-6H,7,14H2,1H3,(H,17,18). The van der Waals surface area contributed by atoms with E-state index in [4.69, 9.17) is 10.8 Å². The highest BCUT2D eigenvalue weighted by Gasteiger charge is 2.23. The maximum Gasteiger partial charge on any atom is 0.323 e. The number of rotatable bonds is 4. The summed E-state index contributed by atoms with van der Waals surface area (Å²) in [5, 5.41) is 9.73. The van der Waals surface area contributed by atoms with Crippen LogP contribution in [0.5, 0.6) is 0 Å². The van der Waals surface area contributed by atoms with E-state index in [1.54, 1.807) is 31.2 Å². The molecule has 3 N–H and O–H groups in total. The maximum atomic E-state index is 12.4. The molecule has 0 atom stereocenters. The zero-order chi connectivity index (χ0) is 14.7. The molecule has 1 amide bonds. The Balaban J connectivity index is 2.40. The second kappa shape index (κ2) is 5.70. The molecule has 20 heavy (non-hydrogen) atoms. The van der Waals surface area contributed by atoms with E-state index < -0.39 is 18.4 Å². The molecule has 0 aliphatic carbocycles. The second-order valence-electron chi connectivity index (χ2n) is 4.09. The first-order valence-electron chi connectivity index (χ1n) is 5.79. The second-order valence-corrected chi connectivity index (χ2v) is 5.32. The topological polar surface area (TPSA) is 96.5 Å². The van der Waals surface area contributed by atoms with Gasteiger partial charge in [0.05, 0.1) is 22.6 Å². The predicted molar refractivity (Wildman–Crippen MR) is 77.0 cm³/mol. The Labute approximate surface area is 119 Å². The van der Waals surface area contributed by atoms with Crippen molar-refractivity contribution in [3.05, 3.63) is 40.3 Å². The number of anilines is 2. The summed E-state index contributed by atoms with van der Waals surface area (Å²) in [5.74, 6) is -1.53. The Bertz CT molecular complexity index is 654. The molecule has 1 aromatic heterocycles. The minimum atomic E-state index is -1.11. The number of aryl methyl sites for hydroxylation is 1. The van der Waals surface area contributed by atoms with E-state index in [0.29, 0.717) is 16.3 Å². The van der Waals surface area contributed by atoms with Gasteiger partial charge < -0.3 is 10.8 Å². The van der Waals surface area contributed by atoms with Gasteiger partial charge in [-0.2, -0.15) is 0 Å². The minimum Gasteiger partial charge on any atom is -0.480 e. The van der Waals surface area contributed by atoms with Crippen LogP contribution in [-0.2, 0) is 4.79 Å². The van der Waals surface area contributed by atoms with Crippen LogP contribution >= 0.6 is 11.3 Å². The molecule has 1 heterocycles. The lowest BCUT2D eigenvalue weighted by atomic mass is 10.2. The van der Waals surface area contributed by atoms with Crippen LogP contribution in [-0.4, -0.2) is 28.5 Å². The van der Waals surface area contributed by atoms with Crippen molar-refractivity contribution in [2.24, 2.45) is 0 Å². The lowest BCUT2D eigenvalue weighted by molar-refractivity contribution is -0.135. The lowest BCUT2D eigenvalue weighted by Crippen LogP contribution is -2.35. The van der Waals surface area contributed by atoms with Crippen LogP contribution < -0.4 is 10.6 Å². The first kappa shape index (κ1) is 14.0. The third-order valence-corrected chi connectivity index (χ3v) is 3.50. The summed E-state index contributed by atoms with van der Waals surface area (Å²) in [6, 6.07) is 6.66. The van der Waals surface area contributed by atoms with Crippen LogP contribution in [0.25, 0.3) is 0 Å². The predicted octanol–water partition coefficient (Wildman–Crippen LogP) is 1.77. The molecular weight excluding hydrogens is 278 g/mol. The van der Waals surface area contributed by atoms with Gasteiger partial charge in [-0.15, -0.1) is 11.3 Å². The molecule has 0 unspecified atom stereocenters. The largest absolute Gasteiger partial charge is 0.480 e. The molecule has 0 aliphatic rings. The fraction of sp³-hybridized carbons (Fsp3) is 0.154. The average Bonchev–Trinajstić information content (AvgIpc) is 2.82. The van der Waals surface area contributed by atoms with Crippen molar-refractivity contribution in [3.63, 3.8) is 0 Å². The summed E-state index contributed by atoms with van der Waals surface area (Å²) in [7, 11) is 0. The Kier molecular flexibility index (Phi) is 3.99. The summed E-state index contributed by atoms with van der Waals surface area (Å²) in [6.45, 7) is 1.32. The van der Waals surface area contributed by atoms with E-state index in [0.717, 1.165) is 9.91 Å². The number of hydrogen-bond donors (Lipinski definition) is 2. The number of para-hydroxylation sites is 2. The first-order chi connectivity index (χ1) is 9.49. The number of carbonyl (C=O) groups is 2. The molecule has 0 fully saturated rings. The van der Waals surface area contributed by atoms with Gasteiger partial charge in [0.1, 0.15) is 11.4 Å².